The van der Waals surface area contributed by atoms with Gasteiger partial charge < -0.3 is 18.9 Å². The smallest absolute Gasteiger partial charge is 0.252 e. The van der Waals surface area contributed by atoms with Crippen molar-refractivity contribution in [2.24, 2.45) is 0 Å². The highest BCUT2D eigenvalue weighted by molar-refractivity contribution is 7.26. The fourth-order valence-corrected chi connectivity index (χ4v) is 17.8. The molecule has 2 aliphatic rings. The van der Waals surface area contributed by atoms with Crippen molar-refractivity contribution >= 4 is 164 Å². The second-order valence-electron chi connectivity index (χ2n) is 28.0. The zero-order valence-electron chi connectivity index (χ0n) is 70.7. The van der Waals surface area contributed by atoms with Crippen molar-refractivity contribution in [1.29, 1.82) is 0 Å². The van der Waals surface area contributed by atoms with E-state index in [2.05, 4.69) is 179 Å². The Morgan fingerprint density at radius 3 is 1.10 bits per heavy atom. The molecule has 0 saturated heterocycles. The largest absolute Gasteiger partial charge is 0.311 e. The van der Waals surface area contributed by atoms with Gasteiger partial charge >= 0.3 is 0 Å². The predicted molar refractivity (Wildman–Crippen MR) is 429 cm³/mol. The summed E-state index contributed by atoms with van der Waals surface area (Å²) in [6, 6.07) is 61.6. The molecule has 470 valence electrons. The van der Waals surface area contributed by atoms with E-state index in [1.807, 2.05) is 72.8 Å². The second-order valence-corrected chi connectivity index (χ2v) is 30.2. The minimum absolute atomic E-state index is 0.0370. The van der Waals surface area contributed by atoms with Gasteiger partial charge in [-0.15, -0.1) is 22.7 Å². The summed E-state index contributed by atoms with van der Waals surface area (Å²) in [6.45, 7) is 12.6. The number of nitrogens with zero attached hydrogens (tertiary/aromatic N) is 4. The quantitative estimate of drug-likeness (QED) is 0.148. The summed E-state index contributed by atoms with van der Waals surface area (Å²) in [7, 11) is 0. The van der Waals surface area contributed by atoms with Gasteiger partial charge in [-0.25, -0.2) is 0 Å². The Bertz CT molecular complexity index is 6840. The van der Waals surface area contributed by atoms with Gasteiger partial charge in [0.1, 0.15) is 0 Å². The van der Waals surface area contributed by atoms with E-state index in [1.54, 1.807) is 31.8 Å². The van der Waals surface area contributed by atoms with E-state index in [0.717, 1.165) is 124 Å². The Hall–Kier alpha value is -11.2. The van der Waals surface area contributed by atoms with Gasteiger partial charge in [-0.2, -0.15) is 0 Å². The first-order valence-corrected chi connectivity index (χ1v) is 34.9. The van der Waals surface area contributed by atoms with Crippen LogP contribution < -0.4 is 26.2 Å². The maximum absolute atomic E-state index is 9.82. The monoisotopic (exact) mass is 1320 g/mol. The minimum Gasteiger partial charge on any atom is -0.311 e. The summed E-state index contributed by atoms with van der Waals surface area (Å²) in [5.41, 5.74) is 14.7. The standard InChI is InChI=1S/C92H67BN4S2/c1-91(2,3)62-47-60(48-63(53-62)92(4,5)6)61-51-82-90-83(52-61)97(79-36-22-38-87-89(79)71-50-59(40-46-85(71)99-87)57-25-11-8-12-26-57)81-55-65(95-76-33-19-15-29-68(76)69-30-16-20-34-77(69)95)42-44-73(81)93(90)72-43-41-64(94-74-31-17-13-27-66(74)67-28-14-18-32-75(67)94)54-80(72)96(82)78-35-21-37-86-88(78)70-49-58(39-45-84(70)98-86)56-23-9-7-10-24-56/h7-55H,1-6H3/i13D,14D,15D,16D,17D,18D,19D,20D,27D,28D,29D,30D,31D,32D,33D,34D. The molecule has 2 aliphatic heterocycles. The van der Waals surface area contributed by atoms with Gasteiger partial charge in [0.2, 0.25) is 0 Å². The molecule has 0 bridgehead atoms. The van der Waals surface area contributed by atoms with Crippen LogP contribution in [0, 0.1) is 0 Å². The van der Waals surface area contributed by atoms with Gasteiger partial charge in [0.05, 0.1) is 55.4 Å². The highest BCUT2D eigenvalue weighted by Crippen LogP contribution is 2.54. The van der Waals surface area contributed by atoms with Gasteiger partial charge in [-0.05, 0) is 181 Å². The Balaban J connectivity index is 0.986. The summed E-state index contributed by atoms with van der Waals surface area (Å²) in [6.07, 6.45) is 0. The zero-order chi connectivity index (χ0) is 80.1. The van der Waals surface area contributed by atoms with Crippen molar-refractivity contribution in [3.05, 3.63) is 308 Å². The summed E-state index contributed by atoms with van der Waals surface area (Å²) in [5.74, 6) is 0. The maximum atomic E-state index is 9.82. The van der Waals surface area contributed by atoms with Gasteiger partial charge in [0.15, 0.2) is 0 Å². The van der Waals surface area contributed by atoms with Crippen molar-refractivity contribution < 1.29 is 21.9 Å². The third-order valence-electron chi connectivity index (χ3n) is 20.3. The molecule has 6 heterocycles. The molecule has 0 radical (unpaired) electrons. The van der Waals surface area contributed by atoms with Gasteiger partial charge in [-0.1, -0.05) is 229 Å². The maximum Gasteiger partial charge on any atom is 0.252 e. The first kappa shape index (κ1) is 43.9. The van der Waals surface area contributed by atoms with Crippen molar-refractivity contribution in [3.8, 4) is 44.8 Å². The van der Waals surface area contributed by atoms with Crippen LogP contribution in [0.3, 0.4) is 0 Å². The molecule has 99 heavy (non-hydrogen) atoms. The van der Waals surface area contributed by atoms with Crippen LogP contribution in [0.5, 0.6) is 0 Å². The number of hydrogen-bond acceptors (Lipinski definition) is 4. The molecular formula is C92H67BN4S2. The van der Waals surface area contributed by atoms with E-state index in [4.69, 9.17) is 5.48 Å². The number of rotatable bonds is 7. The lowest BCUT2D eigenvalue weighted by Crippen LogP contribution is -2.61. The van der Waals surface area contributed by atoms with Crippen molar-refractivity contribution in [2.75, 3.05) is 9.80 Å². The van der Waals surface area contributed by atoms with Crippen LogP contribution in [0.2, 0.25) is 0 Å². The van der Waals surface area contributed by atoms with Gasteiger partial charge in [0, 0.05) is 96.0 Å². The van der Waals surface area contributed by atoms with E-state index >= 15 is 0 Å². The van der Waals surface area contributed by atoms with Gasteiger partial charge in [-0.3, -0.25) is 0 Å². The lowest BCUT2D eigenvalue weighted by atomic mass is 9.33. The minimum atomic E-state index is -0.725. The molecule has 0 fully saturated rings. The lowest BCUT2D eigenvalue weighted by Gasteiger charge is -2.45. The number of anilines is 6. The fraction of sp³-hybridized carbons (Fsp3) is 0.0870. The number of fused-ring (bicyclic) bond motifs is 16. The number of hydrogen-bond donors (Lipinski definition) is 0. The Kier molecular flexibility index (Phi) is 9.59. The number of benzene rings is 14. The average molecular weight is 1320 g/mol. The predicted octanol–water partition coefficient (Wildman–Crippen LogP) is 24.3. The normalized spacial score (nSPS) is 15.4. The molecule has 14 aromatic carbocycles. The van der Waals surface area contributed by atoms with Crippen molar-refractivity contribution in [1.82, 2.24) is 9.13 Å². The van der Waals surface area contributed by atoms with E-state index in [0.29, 0.717) is 22.7 Å². The first-order chi connectivity index (χ1) is 55.0. The molecule has 0 saturated carbocycles. The van der Waals surface area contributed by atoms with E-state index < -0.39 is 103 Å². The number of aromatic nitrogens is 2. The highest BCUT2D eigenvalue weighted by Gasteiger charge is 2.45. The second kappa shape index (κ2) is 21.6. The van der Waals surface area contributed by atoms with Crippen molar-refractivity contribution in [2.45, 2.75) is 52.4 Å². The molecule has 7 heteroatoms. The number of thiophene rings is 2. The zero-order valence-corrected chi connectivity index (χ0v) is 56.4. The van der Waals surface area contributed by atoms with Crippen LogP contribution in [0.25, 0.3) is 129 Å². The molecule has 0 amide bonds. The average Bonchev–Trinajstić information content (AvgIpc) is 1.51. The Labute approximate surface area is 606 Å². The summed E-state index contributed by atoms with van der Waals surface area (Å²) in [5, 5.41) is 3.64. The van der Waals surface area contributed by atoms with Crippen molar-refractivity contribution in [3.63, 3.8) is 0 Å². The SMILES string of the molecule is [2H]c1c([2H])c([2H])c2c(c1[2H])c1c([2H])c([2H])c([2H])c([2H])c1n2-c1ccc2c(c1)N(c1cccc3sc4ccc(-c5ccccc5)cc4c13)c1cc(-c3cc(C(C)(C)C)cc(C(C)(C)C)c3)cc3c1B2c1ccc(-n2c4c([2H])c([2H])c([2H])c([2H])c4c4c([2H])c([2H])c([2H])c([2H])c42)cc1N3c1cccc2sc3ccc(-c4ccccc4)cc3c12. The van der Waals surface area contributed by atoms with Crippen LogP contribution >= 0.6 is 22.7 Å². The van der Waals surface area contributed by atoms with E-state index in [9.17, 15) is 16.4 Å². The summed E-state index contributed by atoms with van der Waals surface area (Å²) in [4.78, 5) is 4.64. The molecule has 4 aromatic heterocycles. The van der Waals surface area contributed by atoms with E-state index in [-0.39, 0.29) is 54.4 Å². The Morgan fingerprint density at radius 1 is 0.303 bits per heavy atom. The summed E-state index contributed by atoms with van der Waals surface area (Å²) < 4.78 is 158. The third kappa shape index (κ3) is 8.90. The molecular weight excluding hydrogens is 1240 g/mol. The fourth-order valence-electron chi connectivity index (χ4n) is 15.6. The van der Waals surface area contributed by atoms with E-state index in [1.165, 1.54) is 0 Å². The molecule has 4 nitrogen and oxygen atoms in total. The third-order valence-corrected chi connectivity index (χ3v) is 22.5. The molecule has 20 rings (SSSR count). The van der Waals surface area contributed by atoms with Crippen LogP contribution in [0.4, 0.5) is 34.1 Å². The van der Waals surface area contributed by atoms with Gasteiger partial charge in [0.25, 0.3) is 6.71 Å². The number of para-hydroxylation sites is 4. The molecule has 18 aromatic rings. The molecule has 0 aliphatic carbocycles. The Morgan fingerprint density at radius 2 is 0.697 bits per heavy atom. The lowest BCUT2D eigenvalue weighted by molar-refractivity contribution is 0.569. The van der Waals surface area contributed by atoms with Crippen LogP contribution in [0.15, 0.2) is 297 Å². The topological polar surface area (TPSA) is 16.3 Å². The van der Waals surface area contributed by atoms with Crippen LogP contribution in [-0.2, 0) is 10.8 Å². The van der Waals surface area contributed by atoms with Crippen LogP contribution in [-0.4, -0.2) is 15.8 Å². The van der Waals surface area contributed by atoms with Crippen LogP contribution in [0.1, 0.15) is 74.6 Å². The first-order valence-electron chi connectivity index (χ1n) is 41.3. The highest BCUT2D eigenvalue weighted by atomic mass is 32.1. The molecule has 0 spiro atoms. The molecule has 0 N–H and O–H groups in total. The summed E-state index contributed by atoms with van der Waals surface area (Å²) >= 11 is 3.36. The molecule has 0 unspecified atom stereocenters. The molecule has 0 atom stereocenters.